The molecular weight excluding hydrogens is 713 g/mol. The summed E-state index contributed by atoms with van der Waals surface area (Å²) in [5.41, 5.74) is 5.34. The summed E-state index contributed by atoms with van der Waals surface area (Å²) >= 11 is 0. The fourth-order valence-corrected chi connectivity index (χ4v) is 6.12. The van der Waals surface area contributed by atoms with Gasteiger partial charge in [-0.25, -0.2) is 4.57 Å². The summed E-state index contributed by atoms with van der Waals surface area (Å²) in [6, 6.07) is 0. The van der Waals surface area contributed by atoms with Gasteiger partial charge in [-0.1, -0.05) is 138 Å². The highest BCUT2D eigenvalue weighted by Gasteiger charge is 2.25. The molecule has 3 N–H and O–H groups in total. The number of rotatable bonds is 39. The number of esters is 2. The molecule has 0 aliphatic heterocycles. The molecule has 0 aliphatic rings. The van der Waals surface area contributed by atoms with Crippen LogP contribution in [0.15, 0.2) is 72.9 Å². The van der Waals surface area contributed by atoms with E-state index < -0.39 is 32.5 Å². The van der Waals surface area contributed by atoms with Crippen molar-refractivity contribution >= 4 is 19.8 Å². The summed E-state index contributed by atoms with van der Waals surface area (Å²) in [5.74, 6) is -0.887. The third-order valence-electron chi connectivity index (χ3n) is 8.56. The summed E-state index contributed by atoms with van der Waals surface area (Å²) < 4.78 is 32.7. The van der Waals surface area contributed by atoms with Crippen molar-refractivity contribution in [2.75, 3.05) is 26.4 Å². The van der Waals surface area contributed by atoms with E-state index in [-0.39, 0.29) is 32.6 Å². The fraction of sp³-hybridized carbons (Fsp3) is 0.689. The Morgan fingerprint density at radius 3 is 1.42 bits per heavy atom. The van der Waals surface area contributed by atoms with E-state index in [1.807, 2.05) is 0 Å². The van der Waals surface area contributed by atoms with Crippen LogP contribution in [0.2, 0.25) is 0 Å². The number of unbranched alkanes of at least 4 members (excludes halogenated alkanes) is 14. The van der Waals surface area contributed by atoms with Gasteiger partial charge in [0.05, 0.1) is 13.2 Å². The van der Waals surface area contributed by atoms with E-state index in [9.17, 15) is 19.0 Å². The maximum Gasteiger partial charge on any atom is 0.472 e. The number of carbonyl (C=O) groups excluding carboxylic acids is 2. The summed E-state index contributed by atoms with van der Waals surface area (Å²) in [7, 11) is -4.39. The number of hydrogen-bond acceptors (Lipinski definition) is 8. The highest BCUT2D eigenvalue weighted by atomic mass is 31.2. The first kappa shape index (κ1) is 52.5. The molecule has 0 aromatic heterocycles. The Morgan fingerprint density at radius 1 is 0.545 bits per heavy atom. The highest BCUT2D eigenvalue weighted by molar-refractivity contribution is 7.47. The summed E-state index contributed by atoms with van der Waals surface area (Å²) in [6.07, 6.45) is 49.3. The number of ether oxygens (including phenoxy) is 2. The summed E-state index contributed by atoms with van der Waals surface area (Å²) in [5, 5.41) is 0. The molecule has 0 bridgehead atoms. The van der Waals surface area contributed by atoms with E-state index in [4.69, 9.17) is 24.3 Å². The van der Waals surface area contributed by atoms with Crippen molar-refractivity contribution in [2.24, 2.45) is 5.73 Å². The van der Waals surface area contributed by atoms with E-state index in [0.717, 1.165) is 77.0 Å². The highest BCUT2D eigenvalue weighted by Crippen LogP contribution is 2.43. The first-order chi connectivity index (χ1) is 26.8. The maximum atomic E-state index is 12.6. The first-order valence-corrected chi connectivity index (χ1v) is 22.9. The van der Waals surface area contributed by atoms with Crippen molar-refractivity contribution in [3.63, 3.8) is 0 Å². The van der Waals surface area contributed by atoms with Gasteiger partial charge in [-0.15, -0.1) is 0 Å². The number of nitrogens with two attached hydrogens (primary N) is 1. The van der Waals surface area contributed by atoms with Crippen LogP contribution in [0.3, 0.4) is 0 Å². The van der Waals surface area contributed by atoms with Crippen LogP contribution in [0.25, 0.3) is 0 Å². The van der Waals surface area contributed by atoms with Gasteiger partial charge in [-0.05, 0) is 89.9 Å². The molecule has 0 aromatic rings. The Hall–Kier alpha value is -2.55. The maximum absolute atomic E-state index is 12.6. The van der Waals surface area contributed by atoms with Gasteiger partial charge >= 0.3 is 19.8 Å². The van der Waals surface area contributed by atoms with Gasteiger partial charge in [-0.3, -0.25) is 18.6 Å². The molecule has 0 heterocycles. The molecule has 55 heavy (non-hydrogen) atoms. The lowest BCUT2D eigenvalue weighted by Crippen LogP contribution is -2.29. The Kier molecular flexibility index (Phi) is 39.2. The summed E-state index contributed by atoms with van der Waals surface area (Å²) in [6.45, 7) is 3.60. The van der Waals surface area contributed by atoms with E-state index in [2.05, 4.69) is 86.8 Å². The smallest absolute Gasteiger partial charge is 0.462 e. The van der Waals surface area contributed by atoms with E-state index in [0.29, 0.717) is 12.8 Å². The van der Waals surface area contributed by atoms with Gasteiger partial charge in [-0.2, -0.15) is 0 Å². The molecule has 0 aromatic carbocycles. The van der Waals surface area contributed by atoms with Crippen LogP contribution >= 0.6 is 7.82 Å². The Labute approximate surface area is 335 Å². The molecule has 2 atom stereocenters. The second-order valence-electron chi connectivity index (χ2n) is 13.8. The standard InChI is InChI=1S/C45H78NO8P/c1-3-5-7-9-11-13-15-17-19-20-21-22-24-25-27-29-31-33-35-37-44(47)51-41-43(42-53-55(49,50)52-40-39-46)54-45(48)38-36-34-32-30-28-26-23-18-16-14-12-10-8-6-4-2/h11-14,17-19,21-23,25,27,43H,3-10,15-16,20,24,26,28-42,46H2,1-2H3,(H,49,50)/t43-/m1/s1. The lowest BCUT2D eigenvalue weighted by atomic mass is 10.1. The van der Waals surface area contributed by atoms with Crippen molar-refractivity contribution in [3.05, 3.63) is 72.9 Å². The molecule has 0 amide bonds. The molecule has 0 aliphatic carbocycles. The SMILES string of the molecule is CCCCCC=CCC=CCC=CCC=CCCCCCC(=O)OC[C@H](COP(=O)(O)OCCN)OC(=O)CCCCCCCC=CCC=CCCCCC. The van der Waals surface area contributed by atoms with Gasteiger partial charge in [0.1, 0.15) is 6.61 Å². The minimum absolute atomic E-state index is 0.0427. The zero-order valence-electron chi connectivity index (χ0n) is 34.6. The number of allylic oxidation sites excluding steroid dienone is 12. The average molecular weight is 792 g/mol. The van der Waals surface area contributed by atoms with Crippen molar-refractivity contribution in [2.45, 2.75) is 174 Å². The van der Waals surface area contributed by atoms with Crippen molar-refractivity contribution in [1.82, 2.24) is 0 Å². The van der Waals surface area contributed by atoms with E-state index in [1.54, 1.807) is 0 Å². The Balaban J connectivity index is 4.26. The molecule has 0 saturated carbocycles. The van der Waals surface area contributed by atoms with Crippen LogP contribution in [-0.2, 0) is 32.7 Å². The third kappa shape index (κ3) is 40.9. The van der Waals surface area contributed by atoms with Crippen LogP contribution < -0.4 is 5.73 Å². The zero-order valence-corrected chi connectivity index (χ0v) is 35.5. The minimum atomic E-state index is -4.39. The van der Waals surface area contributed by atoms with Gasteiger partial charge in [0.25, 0.3) is 0 Å². The quantitative estimate of drug-likeness (QED) is 0.0270. The van der Waals surface area contributed by atoms with Crippen LogP contribution in [0.4, 0.5) is 0 Å². The molecule has 0 fully saturated rings. The molecule has 0 saturated heterocycles. The fourth-order valence-electron chi connectivity index (χ4n) is 5.35. The normalized spacial score (nSPS) is 14.0. The molecule has 0 spiro atoms. The Bertz CT molecular complexity index is 1130. The molecule has 316 valence electrons. The van der Waals surface area contributed by atoms with Gasteiger partial charge < -0.3 is 20.1 Å². The molecule has 0 radical (unpaired) electrons. The van der Waals surface area contributed by atoms with Gasteiger partial charge in [0, 0.05) is 19.4 Å². The predicted molar refractivity (Wildman–Crippen MR) is 229 cm³/mol. The third-order valence-corrected chi connectivity index (χ3v) is 9.55. The lowest BCUT2D eigenvalue weighted by molar-refractivity contribution is -0.161. The van der Waals surface area contributed by atoms with Crippen molar-refractivity contribution in [1.29, 1.82) is 0 Å². The molecule has 1 unspecified atom stereocenters. The largest absolute Gasteiger partial charge is 0.472 e. The number of phosphoric ester groups is 1. The van der Waals surface area contributed by atoms with E-state index in [1.165, 1.54) is 51.4 Å². The van der Waals surface area contributed by atoms with Crippen LogP contribution in [-0.4, -0.2) is 49.3 Å². The first-order valence-electron chi connectivity index (χ1n) is 21.4. The minimum Gasteiger partial charge on any atom is -0.462 e. The van der Waals surface area contributed by atoms with Gasteiger partial charge in [0.15, 0.2) is 6.10 Å². The number of hydrogen-bond donors (Lipinski definition) is 2. The number of phosphoric acid groups is 1. The van der Waals surface area contributed by atoms with E-state index >= 15 is 0 Å². The number of carbonyl (C=O) groups is 2. The molecular formula is C45H78NO8P. The monoisotopic (exact) mass is 792 g/mol. The average Bonchev–Trinajstić information content (AvgIpc) is 3.17. The predicted octanol–water partition coefficient (Wildman–Crippen LogP) is 12.3. The molecule has 10 heteroatoms. The van der Waals surface area contributed by atoms with Gasteiger partial charge in [0.2, 0.25) is 0 Å². The Morgan fingerprint density at radius 2 is 0.945 bits per heavy atom. The second-order valence-corrected chi connectivity index (χ2v) is 15.3. The van der Waals surface area contributed by atoms with Crippen LogP contribution in [0, 0.1) is 0 Å². The van der Waals surface area contributed by atoms with Crippen molar-refractivity contribution < 1.29 is 37.6 Å². The zero-order chi connectivity index (χ0) is 40.3. The molecule has 9 nitrogen and oxygen atoms in total. The summed E-state index contributed by atoms with van der Waals surface area (Å²) in [4.78, 5) is 34.8. The van der Waals surface area contributed by atoms with Crippen molar-refractivity contribution in [3.8, 4) is 0 Å². The van der Waals surface area contributed by atoms with Crippen LogP contribution in [0.5, 0.6) is 0 Å². The van der Waals surface area contributed by atoms with Crippen LogP contribution in [0.1, 0.15) is 168 Å². The molecule has 0 rings (SSSR count). The lowest BCUT2D eigenvalue weighted by Gasteiger charge is -2.19. The second kappa shape index (κ2) is 41.1. The topological polar surface area (TPSA) is 134 Å².